The van der Waals surface area contributed by atoms with Crippen molar-refractivity contribution in [3.05, 3.63) is 21.5 Å². The Hall–Kier alpha value is -0.780. The van der Waals surface area contributed by atoms with Crippen LogP contribution >= 0.6 is 22.7 Å². The van der Waals surface area contributed by atoms with Crippen LogP contribution in [0.25, 0.3) is 9.88 Å². The first-order chi connectivity index (χ1) is 10.0. The van der Waals surface area contributed by atoms with Crippen LogP contribution in [0.5, 0.6) is 0 Å². The van der Waals surface area contributed by atoms with Gasteiger partial charge in [-0.15, -0.1) is 21.5 Å². The number of fused-ring (bicyclic) bond motifs is 1. The fraction of sp³-hybridized carbons (Fsp3) is 0.625. The Morgan fingerprint density at radius 3 is 2.71 bits per heavy atom. The molecule has 5 heteroatoms. The van der Waals surface area contributed by atoms with E-state index in [1.807, 2.05) is 11.3 Å². The maximum absolute atomic E-state index is 4.40. The fourth-order valence-electron chi connectivity index (χ4n) is 2.59. The van der Waals surface area contributed by atoms with Gasteiger partial charge in [-0.25, -0.2) is 0 Å². The molecule has 0 aliphatic heterocycles. The molecular formula is C16H23N3S2. The molecule has 0 unspecified atom stereocenters. The zero-order valence-corrected chi connectivity index (χ0v) is 14.7. The Morgan fingerprint density at radius 2 is 1.95 bits per heavy atom. The van der Waals surface area contributed by atoms with Crippen LogP contribution in [-0.2, 0) is 19.3 Å². The van der Waals surface area contributed by atoms with E-state index in [4.69, 9.17) is 0 Å². The summed E-state index contributed by atoms with van der Waals surface area (Å²) in [6.45, 7) is 7.52. The quantitative estimate of drug-likeness (QED) is 0.922. The van der Waals surface area contributed by atoms with Crippen molar-refractivity contribution in [2.45, 2.75) is 58.4 Å². The second-order valence-electron chi connectivity index (χ2n) is 6.69. The monoisotopic (exact) mass is 321 g/mol. The lowest BCUT2D eigenvalue weighted by Crippen LogP contribution is -2.37. The van der Waals surface area contributed by atoms with Gasteiger partial charge in [0, 0.05) is 23.4 Å². The number of aryl methyl sites for hydroxylation is 2. The molecule has 0 saturated carbocycles. The lowest BCUT2D eigenvalue weighted by molar-refractivity contribution is 0.429. The Labute approximate surface area is 134 Å². The average Bonchev–Trinajstić information content (AvgIpc) is 3.02. The summed E-state index contributed by atoms with van der Waals surface area (Å²) < 4.78 is 0. The van der Waals surface area contributed by atoms with Crippen molar-refractivity contribution in [3.8, 4) is 9.88 Å². The predicted molar refractivity (Wildman–Crippen MR) is 91.3 cm³/mol. The van der Waals surface area contributed by atoms with Crippen LogP contribution in [0.4, 0.5) is 0 Å². The molecule has 1 aliphatic carbocycles. The molecular weight excluding hydrogens is 298 g/mol. The van der Waals surface area contributed by atoms with Crippen molar-refractivity contribution >= 4 is 22.7 Å². The third-order valence-corrected chi connectivity index (χ3v) is 6.06. The summed E-state index contributed by atoms with van der Waals surface area (Å²) in [5.74, 6) is 0. The second-order valence-corrected chi connectivity index (χ2v) is 8.89. The number of nitrogens with one attached hydrogen (secondary N) is 1. The van der Waals surface area contributed by atoms with E-state index in [2.05, 4.69) is 42.4 Å². The molecule has 0 bridgehead atoms. The number of hydrogen-bond acceptors (Lipinski definition) is 5. The van der Waals surface area contributed by atoms with E-state index < -0.39 is 0 Å². The number of hydrogen-bond donors (Lipinski definition) is 1. The van der Waals surface area contributed by atoms with E-state index in [1.54, 1.807) is 21.8 Å². The lowest BCUT2D eigenvalue weighted by Gasteiger charge is -2.19. The van der Waals surface area contributed by atoms with Gasteiger partial charge in [0.05, 0.1) is 4.88 Å². The Balaban J connectivity index is 1.66. The van der Waals surface area contributed by atoms with Gasteiger partial charge in [-0.1, -0.05) is 11.3 Å². The second kappa shape index (κ2) is 6.15. The molecule has 0 fully saturated rings. The van der Waals surface area contributed by atoms with Gasteiger partial charge in [0.15, 0.2) is 5.01 Å². The lowest BCUT2D eigenvalue weighted by atomic mass is 9.99. The molecule has 1 aliphatic rings. The molecule has 21 heavy (non-hydrogen) atoms. The molecule has 0 saturated heterocycles. The van der Waals surface area contributed by atoms with E-state index in [0.29, 0.717) is 0 Å². The summed E-state index contributed by atoms with van der Waals surface area (Å²) in [4.78, 5) is 2.89. The number of nitrogens with zero attached hydrogens (tertiary/aromatic N) is 2. The molecule has 1 N–H and O–H groups in total. The van der Waals surface area contributed by atoms with Crippen LogP contribution in [0, 0.1) is 0 Å². The van der Waals surface area contributed by atoms with Crippen molar-refractivity contribution in [2.24, 2.45) is 0 Å². The Morgan fingerprint density at radius 1 is 1.14 bits per heavy atom. The first-order valence-electron chi connectivity index (χ1n) is 7.71. The zero-order valence-electron chi connectivity index (χ0n) is 13.0. The normalized spacial score (nSPS) is 15.2. The summed E-state index contributed by atoms with van der Waals surface area (Å²) in [6.07, 6.45) is 6.13. The van der Waals surface area contributed by atoms with Crippen molar-refractivity contribution in [2.75, 3.05) is 6.54 Å². The largest absolute Gasteiger partial charge is 0.312 e. The van der Waals surface area contributed by atoms with Gasteiger partial charge in [-0.05, 0) is 58.1 Å². The minimum Gasteiger partial charge on any atom is -0.312 e. The Kier molecular flexibility index (Phi) is 4.43. The summed E-state index contributed by atoms with van der Waals surface area (Å²) in [6, 6.07) is 2.34. The number of rotatable bonds is 4. The number of thiophene rings is 1. The van der Waals surface area contributed by atoms with Gasteiger partial charge in [-0.2, -0.15) is 0 Å². The highest BCUT2D eigenvalue weighted by molar-refractivity contribution is 7.21. The topological polar surface area (TPSA) is 37.8 Å². The van der Waals surface area contributed by atoms with Gasteiger partial charge in [0.2, 0.25) is 0 Å². The minimum absolute atomic E-state index is 0.167. The molecule has 3 nitrogen and oxygen atoms in total. The Bertz CT molecular complexity index is 584. The predicted octanol–water partition coefficient (Wildman–Crippen LogP) is 4.08. The molecule has 0 amide bonds. The average molecular weight is 322 g/mol. The molecule has 0 atom stereocenters. The minimum atomic E-state index is 0.167. The van der Waals surface area contributed by atoms with Crippen LogP contribution in [0.15, 0.2) is 6.07 Å². The van der Waals surface area contributed by atoms with E-state index in [9.17, 15) is 0 Å². The highest BCUT2D eigenvalue weighted by Crippen LogP contribution is 2.36. The molecule has 2 heterocycles. The SMILES string of the molecule is CC(C)(C)NCCc1nnc(-c2cc3c(s2)CCCC3)s1. The van der Waals surface area contributed by atoms with Crippen LogP contribution in [-0.4, -0.2) is 22.3 Å². The van der Waals surface area contributed by atoms with Crippen molar-refractivity contribution < 1.29 is 0 Å². The molecule has 0 aromatic carbocycles. The van der Waals surface area contributed by atoms with Gasteiger partial charge in [0.25, 0.3) is 0 Å². The highest BCUT2D eigenvalue weighted by Gasteiger charge is 2.17. The van der Waals surface area contributed by atoms with Crippen molar-refractivity contribution in [1.29, 1.82) is 0 Å². The van der Waals surface area contributed by atoms with Gasteiger partial charge in [0.1, 0.15) is 5.01 Å². The first-order valence-corrected chi connectivity index (χ1v) is 9.34. The summed E-state index contributed by atoms with van der Waals surface area (Å²) in [5, 5.41) is 14.5. The van der Waals surface area contributed by atoms with Crippen LogP contribution in [0.2, 0.25) is 0 Å². The maximum Gasteiger partial charge on any atom is 0.157 e. The van der Waals surface area contributed by atoms with E-state index in [1.165, 1.54) is 30.6 Å². The molecule has 2 aromatic rings. The third kappa shape index (κ3) is 3.90. The molecule has 3 rings (SSSR count). The van der Waals surface area contributed by atoms with Crippen molar-refractivity contribution in [3.63, 3.8) is 0 Å². The van der Waals surface area contributed by atoms with Gasteiger partial charge >= 0.3 is 0 Å². The van der Waals surface area contributed by atoms with Crippen LogP contribution < -0.4 is 5.32 Å². The van der Waals surface area contributed by atoms with Crippen LogP contribution in [0.3, 0.4) is 0 Å². The van der Waals surface area contributed by atoms with Gasteiger partial charge < -0.3 is 5.32 Å². The van der Waals surface area contributed by atoms with Crippen LogP contribution in [0.1, 0.15) is 49.1 Å². The fourth-order valence-corrected chi connectivity index (χ4v) is 4.73. The summed E-state index contributed by atoms with van der Waals surface area (Å²) >= 11 is 3.67. The molecule has 0 spiro atoms. The summed E-state index contributed by atoms with van der Waals surface area (Å²) in [5.41, 5.74) is 1.72. The van der Waals surface area contributed by atoms with Crippen molar-refractivity contribution in [1.82, 2.24) is 15.5 Å². The first kappa shape index (κ1) is 15.1. The highest BCUT2D eigenvalue weighted by atomic mass is 32.1. The third-order valence-electron chi connectivity index (χ3n) is 3.67. The molecule has 114 valence electrons. The molecule has 0 radical (unpaired) electrons. The summed E-state index contributed by atoms with van der Waals surface area (Å²) in [7, 11) is 0. The maximum atomic E-state index is 4.40. The zero-order chi connectivity index (χ0) is 14.9. The van der Waals surface area contributed by atoms with E-state index in [0.717, 1.165) is 23.0 Å². The van der Waals surface area contributed by atoms with E-state index >= 15 is 0 Å². The standard InChI is InChI=1S/C16H23N3S2/c1-16(2,3)17-9-8-14-18-19-15(21-14)13-10-11-6-4-5-7-12(11)20-13/h10,17H,4-9H2,1-3H3. The van der Waals surface area contributed by atoms with Gasteiger partial charge in [-0.3, -0.25) is 0 Å². The van der Waals surface area contributed by atoms with E-state index in [-0.39, 0.29) is 5.54 Å². The number of aromatic nitrogens is 2. The molecule has 2 aromatic heterocycles. The smallest absolute Gasteiger partial charge is 0.157 e.